The zero-order chi connectivity index (χ0) is 14.0. The van der Waals surface area contributed by atoms with Crippen molar-refractivity contribution in [3.8, 4) is 0 Å². The van der Waals surface area contributed by atoms with Gasteiger partial charge in [0.15, 0.2) is 0 Å². The number of likely N-dealkylation sites (tertiary alicyclic amines) is 1. The van der Waals surface area contributed by atoms with Crippen molar-refractivity contribution in [3.05, 3.63) is 35.6 Å². The zero-order valence-electron chi connectivity index (χ0n) is 11.6. The van der Waals surface area contributed by atoms with Crippen LogP contribution < -0.4 is 0 Å². The molecule has 1 saturated heterocycles. The molecule has 1 aromatic rings. The van der Waals surface area contributed by atoms with Gasteiger partial charge in [0.1, 0.15) is 11.4 Å². The summed E-state index contributed by atoms with van der Waals surface area (Å²) in [6, 6.07) is 6.36. The summed E-state index contributed by atoms with van der Waals surface area (Å²) in [6.45, 7) is 6.20. The van der Waals surface area contributed by atoms with Gasteiger partial charge in [0.2, 0.25) is 0 Å². The topological polar surface area (TPSA) is 29.5 Å². The quantitative estimate of drug-likeness (QED) is 0.770. The molecular formula is C15H20FNO2. The Balaban J connectivity index is 2.15. The maximum Gasteiger partial charge on any atom is 0.410 e. The van der Waals surface area contributed by atoms with Crippen LogP contribution in [0.5, 0.6) is 0 Å². The minimum absolute atomic E-state index is 0.0782. The molecule has 0 N–H and O–H groups in total. The Kier molecular flexibility index (Phi) is 3.78. The molecule has 1 aliphatic rings. The molecule has 0 aromatic heterocycles. The van der Waals surface area contributed by atoms with Gasteiger partial charge in [-0.25, -0.2) is 9.18 Å². The summed E-state index contributed by atoms with van der Waals surface area (Å²) in [7, 11) is 0. The van der Waals surface area contributed by atoms with Crippen LogP contribution in [-0.4, -0.2) is 23.1 Å². The van der Waals surface area contributed by atoms with E-state index in [0.29, 0.717) is 6.54 Å². The summed E-state index contributed by atoms with van der Waals surface area (Å²) in [5.41, 5.74) is 0.329. The van der Waals surface area contributed by atoms with Gasteiger partial charge in [-0.15, -0.1) is 0 Å². The van der Waals surface area contributed by atoms with Crippen LogP contribution in [0.4, 0.5) is 9.18 Å². The maximum atomic E-state index is 13.3. The van der Waals surface area contributed by atoms with Gasteiger partial charge < -0.3 is 9.64 Å². The first kappa shape index (κ1) is 13.8. The third-order valence-corrected chi connectivity index (χ3v) is 3.11. The number of halogens is 1. The second-order valence-electron chi connectivity index (χ2n) is 5.89. The summed E-state index contributed by atoms with van der Waals surface area (Å²) >= 11 is 0. The van der Waals surface area contributed by atoms with E-state index in [1.807, 2.05) is 26.8 Å². The highest BCUT2D eigenvalue weighted by molar-refractivity contribution is 5.69. The van der Waals surface area contributed by atoms with Crippen LogP contribution in [0.15, 0.2) is 24.3 Å². The molecule has 1 aromatic carbocycles. The molecule has 19 heavy (non-hydrogen) atoms. The molecule has 1 amide bonds. The van der Waals surface area contributed by atoms with Gasteiger partial charge in [-0.3, -0.25) is 0 Å². The second kappa shape index (κ2) is 5.19. The SMILES string of the molecule is CC(C)(C)OC(=O)N1CCC[C@@H]1c1cccc(F)c1. The lowest BCUT2D eigenvalue weighted by molar-refractivity contribution is 0.0224. The minimum Gasteiger partial charge on any atom is -0.444 e. The van der Waals surface area contributed by atoms with Gasteiger partial charge in [0.05, 0.1) is 6.04 Å². The largest absolute Gasteiger partial charge is 0.444 e. The Morgan fingerprint density at radius 1 is 1.42 bits per heavy atom. The summed E-state index contributed by atoms with van der Waals surface area (Å²) in [6.07, 6.45) is 1.45. The molecule has 1 fully saturated rings. The predicted octanol–water partition coefficient (Wildman–Crippen LogP) is 3.90. The predicted molar refractivity (Wildman–Crippen MR) is 71.3 cm³/mol. The standard InChI is InChI=1S/C15H20FNO2/c1-15(2,3)19-14(18)17-9-5-8-13(17)11-6-4-7-12(16)10-11/h4,6-7,10,13H,5,8-9H2,1-3H3/t13-/m1/s1. The third-order valence-electron chi connectivity index (χ3n) is 3.11. The van der Waals surface area contributed by atoms with Crippen molar-refractivity contribution in [2.75, 3.05) is 6.54 Å². The second-order valence-corrected chi connectivity index (χ2v) is 5.89. The number of amides is 1. The molecular weight excluding hydrogens is 245 g/mol. The van der Waals surface area contributed by atoms with Crippen molar-refractivity contribution >= 4 is 6.09 Å². The average Bonchev–Trinajstić information content (AvgIpc) is 2.75. The summed E-state index contributed by atoms with van der Waals surface area (Å²) in [4.78, 5) is 13.8. The van der Waals surface area contributed by atoms with E-state index in [1.165, 1.54) is 12.1 Å². The highest BCUT2D eigenvalue weighted by Crippen LogP contribution is 2.33. The lowest BCUT2D eigenvalue weighted by atomic mass is 10.0. The molecule has 1 heterocycles. The van der Waals surface area contributed by atoms with Crippen molar-refractivity contribution in [2.24, 2.45) is 0 Å². The number of carbonyl (C=O) groups is 1. The molecule has 0 aliphatic carbocycles. The van der Waals surface area contributed by atoms with Crippen molar-refractivity contribution in [3.63, 3.8) is 0 Å². The molecule has 0 saturated carbocycles. The molecule has 1 aliphatic heterocycles. The monoisotopic (exact) mass is 265 g/mol. The number of hydrogen-bond donors (Lipinski definition) is 0. The highest BCUT2D eigenvalue weighted by atomic mass is 19.1. The van der Waals surface area contributed by atoms with Crippen molar-refractivity contribution in [1.82, 2.24) is 4.90 Å². The number of ether oxygens (including phenoxy) is 1. The fraction of sp³-hybridized carbons (Fsp3) is 0.533. The van der Waals surface area contributed by atoms with Crippen LogP contribution in [0.2, 0.25) is 0 Å². The Morgan fingerprint density at radius 2 is 2.16 bits per heavy atom. The van der Waals surface area contributed by atoms with E-state index in [0.717, 1.165) is 18.4 Å². The highest BCUT2D eigenvalue weighted by Gasteiger charge is 2.33. The molecule has 4 heteroatoms. The van der Waals surface area contributed by atoms with Gasteiger partial charge in [0, 0.05) is 6.54 Å². The number of carbonyl (C=O) groups excluding carboxylic acids is 1. The molecule has 3 nitrogen and oxygen atoms in total. The molecule has 2 rings (SSSR count). The number of nitrogens with zero attached hydrogens (tertiary/aromatic N) is 1. The van der Waals surface area contributed by atoms with E-state index in [-0.39, 0.29) is 18.0 Å². The Hall–Kier alpha value is -1.58. The van der Waals surface area contributed by atoms with Crippen molar-refractivity contribution < 1.29 is 13.9 Å². The Bertz CT molecular complexity index is 467. The lowest BCUT2D eigenvalue weighted by Crippen LogP contribution is -2.36. The van der Waals surface area contributed by atoms with Crippen LogP contribution in [0, 0.1) is 5.82 Å². The van der Waals surface area contributed by atoms with Crippen LogP contribution in [0.1, 0.15) is 45.2 Å². The average molecular weight is 265 g/mol. The smallest absolute Gasteiger partial charge is 0.410 e. The van der Waals surface area contributed by atoms with E-state index in [1.54, 1.807) is 11.0 Å². The fourth-order valence-electron chi connectivity index (χ4n) is 2.37. The van der Waals surface area contributed by atoms with Gasteiger partial charge in [0.25, 0.3) is 0 Å². The van der Waals surface area contributed by atoms with Crippen LogP contribution in [0.3, 0.4) is 0 Å². The van der Waals surface area contributed by atoms with Crippen molar-refractivity contribution in [2.45, 2.75) is 45.3 Å². The molecule has 0 unspecified atom stereocenters. The summed E-state index contributed by atoms with van der Waals surface area (Å²) < 4.78 is 18.7. The van der Waals surface area contributed by atoms with Gasteiger partial charge in [-0.1, -0.05) is 12.1 Å². The molecule has 0 radical (unpaired) electrons. The molecule has 1 atom stereocenters. The van der Waals surface area contributed by atoms with Gasteiger partial charge in [-0.05, 0) is 51.3 Å². The molecule has 0 spiro atoms. The number of benzene rings is 1. The first-order valence-corrected chi connectivity index (χ1v) is 6.62. The van der Waals surface area contributed by atoms with E-state index < -0.39 is 5.60 Å². The Morgan fingerprint density at radius 3 is 2.79 bits per heavy atom. The number of rotatable bonds is 1. The lowest BCUT2D eigenvalue weighted by Gasteiger charge is -2.28. The molecule has 0 bridgehead atoms. The maximum absolute atomic E-state index is 13.3. The number of hydrogen-bond acceptors (Lipinski definition) is 2. The van der Waals surface area contributed by atoms with E-state index in [4.69, 9.17) is 4.74 Å². The van der Waals surface area contributed by atoms with E-state index >= 15 is 0 Å². The minimum atomic E-state index is -0.508. The van der Waals surface area contributed by atoms with Crippen molar-refractivity contribution in [1.29, 1.82) is 0 Å². The summed E-state index contributed by atoms with van der Waals surface area (Å²) in [5, 5.41) is 0. The Labute approximate surface area is 113 Å². The van der Waals surface area contributed by atoms with Gasteiger partial charge >= 0.3 is 6.09 Å². The van der Waals surface area contributed by atoms with Gasteiger partial charge in [-0.2, -0.15) is 0 Å². The van der Waals surface area contributed by atoms with Crippen LogP contribution >= 0.6 is 0 Å². The zero-order valence-corrected chi connectivity index (χ0v) is 11.6. The third kappa shape index (κ3) is 3.46. The first-order valence-electron chi connectivity index (χ1n) is 6.62. The van der Waals surface area contributed by atoms with Crippen LogP contribution in [0.25, 0.3) is 0 Å². The van der Waals surface area contributed by atoms with E-state index in [9.17, 15) is 9.18 Å². The molecule has 104 valence electrons. The van der Waals surface area contributed by atoms with Crippen LogP contribution in [-0.2, 0) is 4.74 Å². The van der Waals surface area contributed by atoms with E-state index in [2.05, 4.69) is 0 Å². The summed E-state index contributed by atoms with van der Waals surface area (Å²) in [5.74, 6) is -0.270. The normalized spacial score (nSPS) is 19.6. The first-order chi connectivity index (χ1) is 8.87. The fourth-order valence-corrected chi connectivity index (χ4v) is 2.37.